The molecule has 5 nitrogen and oxygen atoms in total. The normalized spacial score (nSPS) is 18.5. The number of H-pyrrole nitrogens is 1. The van der Waals surface area contributed by atoms with E-state index in [-0.39, 0.29) is 5.03 Å². The lowest BCUT2D eigenvalue weighted by atomic mass is 10.4. The van der Waals surface area contributed by atoms with Crippen LogP contribution >= 0.6 is 0 Å². The van der Waals surface area contributed by atoms with Crippen LogP contribution in [0, 0.1) is 0 Å². The fourth-order valence-electron chi connectivity index (χ4n) is 1.72. The van der Waals surface area contributed by atoms with Crippen molar-refractivity contribution in [3.63, 3.8) is 0 Å². The molecular formula is C9H15N3O2S. The van der Waals surface area contributed by atoms with Crippen LogP contribution in [0.4, 0.5) is 0 Å². The molecule has 0 amide bonds. The Morgan fingerprint density at radius 1 is 1.47 bits per heavy atom. The summed E-state index contributed by atoms with van der Waals surface area (Å²) in [4.78, 5) is 6.85. The highest BCUT2D eigenvalue weighted by atomic mass is 32.2. The van der Waals surface area contributed by atoms with Gasteiger partial charge in [-0.1, -0.05) is 6.92 Å². The molecule has 1 aliphatic rings. The molecule has 0 unspecified atom stereocenters. The maximum absolute atomic E-state index is 12.0. The van der Waals surface area contributed by atoms with Crippen molar-refractivity contribution < 1.29 is 8.42 Å². The second kappa shape index (κ2) is 3.94. The van der Waals surface area contributed by atoms with Crippen molar-refractivity contribution in [3.05, 3.63) is 12.0 Å². The monoisotopic (exact) mass is 229 g/mol. The molecule has 2 heterocycles. The zero-order valence-corrected chi connectivity index (χ0v) is 9.55. The van der Waals surface area contributed by atoms with Gasteiger partial charge in [0.25, 0.3) is 10.0 Å². The zero-order chi connectivity index (χ0) is 10.9. The van der Waals surface area contributed by atoms with Gasteiger partial charge in [-0.15, -0.1) is 0 Å². The van der Waals surface area contributed by atoms with Gasteiger partial charge >= 0.3 is 0 Å². The predicted molar refractivity (Wildman–Crippen MR) is 56.0 cm³/mol. The molecule has 0 spiro atoms. The number of aromatic nitrogens is 2. The number of rotatable bonds is 3. The third-order valence-electron chi connectivity index (χ3n) is 2.62. The summed E-state index contributed by atoms with van der Waals surface area (Å²) in [6, 6.07) is 0. The Kier molecular flexibility index (Phi) is 2.79. The summed E-state index contributed by atoms with van der Waals surface area (Å²) in [6.45, 7) is 3.19. The van der Waals surface area contributed by atoms with Crippen LogP contribution in [-0.4, -0.2) is 35.8 Å². The first-order chi connectivity index (χ1) is 7.14. The molecule has 6 heteroatoms. The van der Waals surface area contributed by atoms with Crippen molar-refractivity contribution in [1.29, 1.82) is 0 Å². The standard InChI is InChI=1S/C9H15N3O2S/c1-2-8-10-7-9(11-8)15(13,14)12-5-3-4-6-12/h7H,2-6H2,1H3,(H,10,11). The lowest BCUT2D eigenvalue weighted by Gasteiger charge is -2.13. The fraction of sp³-hybridized carbons (Fsp3) is 0.667. The minimum absolute atomic E-state index is 0.223. The highest BCUT2D eigenvalue weighted by Crippen LogP contribution is 2.19. The van der Waals surface area contributed by atoms with E-state index in [0.717, 1.165) is 19.3 Å². The van der Waals surface area contributed by atoms with E-state index in [1.807, 2.05) is 6.92 Å². The topological polar surface area (TPSA) is 66.1 Å². The molecule has 1 aromatic rings. The lowest BCUT2D eigenvalue weighted by molar-refractivity contribution is 0.474. The van der Waals surface area contributed by atoms with E-state index in [0.29, 0.717) is 18.9 Å². The average Bonchev–Trinajstić information content (AvgIpc) is 2.89. The van der Waals surface area contributed by atoms with E-state index < -0.39 is 10.0 Å². The number of hydrogen-bond acceptors (Lipinski definition) is 3. The minimum Gasteiger partial charge on any atom is -0.332 e. The average molecular weight is 229 g/mol. The molecule has 1 aromatic heterocycles. The SMILES string of the molecule is CCc1ncc(S(=O)(=O)N2CCCC2)[nH]1. The van der Waals surface area contributed by atoms with Crippen LogP contribution in [-0.2, 0) is 16.4 Å². The lowest BCUT2D eigenvalue weighted by Crippen LogP contribution is -2.28. The first-order valence-corrected chi connectivity index (χ1v) is 6.62. The van der Waals surface area contributed by atoms with Gasteiger partial charge in [-0.3, -0.25) is 0 Å². The summed E-state index contributed by atoms with van der Waals surface area (Å²) in [5.41, 5.74) is 0. The largest absolute Gasteiger partial charge is 0.332 e. The fourth-order valence-corrected chi connectivity index (χ4v) is 3.17. The van der Waals surface area contributed by atoms with Crippen LogP contribution in [0.25, 0.3) is 0 Å². The van der Waals surface area contributed by atoms with Crippen LogP contribution < -0.4 is 0 Å². The van der Waals surface area contributed by atoms with Gasteiger partial charge in [0, 0.05) is 19.5 Å². The second-order valence-corrected chi connectivity index (χ2v) is 5.57. The summed E-state index contributed by atoms with van der Waals surface area (Å²) in [5.74, 6) is 0.716. The van der Waals surface area contributed by atoms with E-state index in [2.05, 4.69) is 9.97 Å². The quantitative estimate of drug-likeness (QED) is 0.832. The van der Waals surface area contributed by atoms with Crippen molar-refractivity contribution in [2.45, 2.75) is 31.2 Å². The maximum atomic E-state index is 12.0. The van der Waals surface area contributed by atoms with Gasteiger partial charge in [-0.2, -0.15) is 4.31 Å². The Hall–Kier alpha value is -0.880. The Morgan fingerprint density at radius 3 is 2.67 bits per heavy atom. The van der Waals surface area contributed by atoms with Gasteiger partial charge in [0.05, 0.1) is 6.20 Å². The van der Waals surface area contributed by atoms with Gasteiger partial charge < -0.3 is 4.98 Å². The molecule has 15 heavy (non-hydrogen) atoms. The zero-order valence-electron chi connectivity index (χ0n) is 8.73. The van der Waals surface area contributed by atoms with Gasteiger partial charge in [0.15, 0.2) is 5.03 Å². The van der Waals surface area contributed by atoms with Gasteiger partial charge in [0.1, 0.15) is 5.82 Å². The summed E-state index contributed by atoms with van der Waals surface area (Å²) >= 11 is 0. The van der Waals surface area contributed by atoms with Crippen molar-refractivity contribution in [2.24, 2.45) is 0 Å². The molecule has 1 aliphatic heterocycles. The number of nitrogens with one attached hydrogen (secondary N) is 1. The first kappa shape index (κ1) is 10.6. The number of hydrogen-bond donors (Lipinski definition) is 1. The Labute approximate surface area is 89.6 Å². The van der Waals surface area contributed by atoms with Crippen molar-refractivity contribution in [1.82, 2.24) is 14.3 Å². The Bertz CT molecular complexity index is 432. The van der Waals surface area contributed by atoms with Gasteiger partial charge in [-0.05, 0) is 12.8 Å². The third-order valence-corrected chi connectivity index (χ3v) is 4.43. The number of aromatic amines is 1. The highest BCUT2D eigenvalue weighted by molar-refractivity contribution is 7.89. The predicted octanol–water partition coefficient (Wildman–Crippen LogP) is 0.757. The molecule has 0 saturated carbocycles. The Morgan fingerprint density at radius 2 is 2.13 bits per heavy atom. The summed E-state index contributed by atoms with van der Waals surface area (Å²) in [7, 11) is -3.31. The van der Waals surface area contributed by atoms with Gasteiger partial charge in [-0.25, -0.2) is 13.4 Å². The highest BCUT2D eigenvalue weighted by Gasteiger charge is 2.28. The van der Waals surface area contributed by atoms with E-state index in [4.69, 9.17) is 0 Å². The van der Waals surface area contributed by atoms with Gasteiger partial charge in [0.2, 0.25) is 0 Å². The first-order valence-electron chi connectivity index (χ1n) is 5.18. The second-order valence-electron chi connectivity index (χ2n) is 3.66. The molecule has 0 aromatic carbocycles. The van der Waals surface area contributed by atoms with Crippen molar-refractivity contribution >= 4 is 10.0 Å². The van der Waals surface area contributed by atoms with Crippen molar-refractivity contribution in [2.75, 3.05) is 13.1 Å². The Balaban J connectivity index is 2.28. The molecule has 0 radical (unpaired) electrons. The van der Waals surface area contributed by atoms with E-state index in [1.165, 1.54) is 10.5 Å². The summed E-state index contributed by atoms with van der Waals surface area (Å²) < 4.78 is 25.6. The van der Waals surface area contributed by atoms with Crippen LogP contribution in [0.2, 0.25) is 0 Å². The number of nitrogens with zero attached hydrogens (tertiary/aromatic N) is 2. The third kappa shape index (κ3) is 1.91. The van der Waals surface area contributed by atoms with E-state index in [9.17, 15) is 8.42 Å². The number of sulfonamides is 1. The molecule has 0 atom stereocenters. The van der Waals surface area contributed by atoms with Crippen LogP contribution in [0.1, 0.15) is 25.6 Å². The molecular weight excluding hydrogens is 214 g/mol. The molecule has 84 valence electrons. The van der Waals surface area contributed by atoms with Crippen LogP contribution in [0.15, 0.2) is 11.2 Å². The molecule has 1 saturated heterocycles. The summed E-state index contributed by atoms with van der Waals surface area (Å²) in [5, 5.41) is 0.223. The van der Waals surface area contributed by atoms with E-state index >= 15 is 0 Å². The van der Waals surface area contributed by atoms with Crippen molar-refractivity contribution in [3.8, 4) is 0 Å². The molecule has 0 aliphatic carbocycles. The maximum Gasteiger partial charge on any atom is 0.260 e. The number of aryl methyl sites for hydroxylation is 1. The molecule has 1 N–H and O–H groups in total. The van der Waals surface area contributed by atoms with Crippen LogP contribution in [0.3, 0.4) is 0 Å². The minimum atomic E-state index is -3.31. The molecule has 2 rings (SSSR count). The smallest absolute Gasteiger partial charge is 0.260 e. The number of imidazole rings is 1. The van der Waals surface area contributed by atoms with Crippen LogP contribution in [0.5, 0.6) is 0 Å². The summed E-state index contributed by atoms with van der Waals surface area (Å²) in [6.07, 6.45) is 4.03. The molecule has 0 bridgehead atoms. The van der Waals surface area contributed by atoms with E-state index in [1.54, 1.807) is 0 Å². The molecule has 1 fully saturated rings.